The Bertz CT molecular complexity index is 1020. The fourth-order valence-electron chi connectivity index (χ4n) is 3.28. The van der Waals surface area contributed by atoms with Crippen molar-refractivity contribution in [1.29, 1.82) is 0 Å². The van der Waals surface area contributed by atoms with E-state index in [4.69, 9.17) is 4.74 Å². The van der Waals surface area contributed by atoms with Crippen LogP contribution in [0.4, 0.5) is 0 Å². The van der Waals surface area contributed by atoms with Gasteiger partial charge in [0.15, 0.2) is 0 Å². The average molecular weight is 358 g/mol. The maximum atomic E-state index is 11.9. The third-order valence-corrected chi connectivity index (χ3v) is 4.93. The SMILES string of the molecule is CC(C)(c1ccccc1)c1ccc(Oc2cccc3c2C(=O)OC3=O)cc1. The van der Waals surface area contributed by atoms with Crippen LogP contribution in [0.5, 0.6) is 11.5 Å². The molecule has 0 bridgehead atoms. The second kappa shape index (κ2) is 6.40. The van der Waals surface area contributed by atoms with Crippen LogP contribution >= 0.6 is 0 Å². The lowest BCUT2D eigenvalue weighted by molar-refractivity contribution is 0.0443. The number of cyclic esters (lactones) is 2. The first-order valence-electron chi connectivity index (χ1n) is 8.70. The minimum atomic E-state index is -0.674. The molecule has 0 radical (unpaired) electrons. The number of carbonyl (C=O) groups excluding carboxylic acids is 2. The van der Waals surface area contributed by atoms with Gasteiger partial charge in [-0.1, -0.05) is 62.4 Å². The quantitative estimate of drug-likeness (QED) is 0.480. The number of hydrogen-bond donors (Lipinski definition) is 0. The fourth-order valence-corrected chi connectivity index (χ4v) is 3.28. The van der Waals surface area contributed by atoms with Gasteiger partial charge in [0.1, 0.15) is 17.1 Å². The summed E-state index contributed by atoms with van der Waals surface area (Å²) in [6, 6.07) is 22.9. The Morgan fingerprint density at radius 2 is 1.41 bits per heavy atom. The highest BCUT2D eigenvalue weighted by Crippen LogP contribution is 2.35. The van der Waals surface area contributed by atoms with E-state index < -0.39 is 11.9 Å². The normalized spacial score (nSPS) is 13.3. The van der Waals surface area contributed by atoms with Gasteiger partial charge in [-0.15, -0.1) is 0 Å². The van der Waals surface area contributed by atoms with Crippen molar-refractivity contribution in [2.45, 2.75) is 19.3 Å². The standard InChI is InChI=1S/C23H18O4/c1-23(2,15-7-4-3-5-8-15)16-11-13-17(14-12-16)26-19-10-6-9-18-20(19)22(25)27-21(18)24/h3-14H,1-2H3. The lowest BCUT2D eigenvalue weighted by Crippen LogP contribution is -2.18. The average Bonchev–Trinajstić information content (AvgIpc) is 2.98. The van der Waals surface area contributed by atoms with Crippen molar-refractivity contribution in [3.8, 4) is 11.5 Å². The van der Waals surface area contributed by atoms with Crippen LogP contribution in [0.15, 0.2) is 72.8 Å². The van der Waals surface area contributed by atoms with Crippen LogP contribution in [-0.4, -0.2) is 11.9 Å². The van der Waals surface area contributed by atoms with E-state index in [1.807, 2.05) is 42.5 Å². The molecular formula is C23H18O4. The van der Waals surface area contributed by atoms with Crippen LogP contribution in [0.2, 0.25) is 0 Å². The Kier molecular flexibility index (Phi) is 4.04. The smallest absolute Gasteiger partial charge is 0.350 e. The first-order chi connectivity index (χ1) is 13.0. The number of fused-ring (bicyclic) bond motifs is 1. The van der Waals surface area contributed by atoms with Crippen molar-refractivity contribution < 1.29 is 19.1 Å². The number of benzene rings is 3. The number of carbonyl (C=O) groups is 2. The van der Waals surface area contributed by atoms with E-state index in [1.165, 1.54) is 5.56 Å². The van der Waals surface area contributed by atoms with Gasteiger partial charge in [0.05, 0.1) is 5.56 Å². The van der Waals surface area contributed by atoms with Crippen LogP contribution in [0.25, 0.3) is 0 Å². The minimum absolute atomic E-state index is 0.149. The third-order valence-electron chi connectivity index (χ3n) is 4.93. The summed E-state index contributed by atoms with van der Waals surface area (Å²) in [5, 5.41) is 0. The summed E-state index contributed by atoms with van der Waals surface area (Å²) in [6.07, 6.45) is 0. The molecular weight excluding hydrogens is 340 g/mol. The van der Waals surface area contributed by atoms with E-state index in [1.54, 1.807) is 18.2 Å². The molecule has 0 amide bonds. The molecule has 4 heteroatoms. The van der Waals surface area contributed by atoms with Gasteiger partial charge in [0.2, 0.25) is 0 Å². The monoisotopic (exact) mass is 358 g/mol. The predicted octanol–water partition coefficient (Wildman–Crippen LogP) is 5.12. The van der Waals surface area contributed by atoms with Crippen molar-refractivity contribution in [2.24, 2.45) is 0 Å². The molecule has 1 aliphatic heterocycles. The third kappa shape index (κ3) is 2.99. The number of hydrogen-bond acceptors (Lipinski definition) is 4. The van der Waals surface area contributed by atoms with Crippen LogP contribution in [0.1, 0.15) is 45.7 Å². The van der Waals surface area contributed by atoms with Crippen molar-refractivity contribution in [2.75, 3.05) is 0 Å². The molecule has 4 nitrogen and oxygen atoms in total. The summed E-state index contributed by atoms with van der Waals surface area (Å²) in [6.45, 7) is 4.34. The van der Waals surface area contributed by atoms with E-state index in [0.717, 1.165) is 5.56 Å². The molecule has 0 fully saturated rings. The van der Waals surface area contributed by atoms with Crippen LogP contribution in [0, 0.1) is 0 Å². The molecule has 0 N–H and O–H groups in total. The Morgan fingerprint density at radius 3 is 2.11 bits per heavy atom. The van der Waals surface area contributed by atoms with Gasteiger partial charge in [-0.05, 0) is 35.4 Å². The lowest BCUT2D eigenvalue weighted by atomic mass is 9.78. The summed E-state index contributed by atoms with van der Waals surface area (Å²) < 4.78 is 10.5. The van der Waals surface area contributed by atoms with E-state index in [2.05, 4.69) is 30.7 Å². The zero-order chi connectivity index (χ0) is 19.0. The van der Waals surface area contributed by atoms with E-state index in [-0.39, 0.29) is 16.5 Å². The Morgan fingerprint density at radius 1 is 0.741 bits per heavy atom. The van der Waals surface area contributed by atoms with Gasteiger partial charge in [0, 0.05) is 5.41 Å². The topological polar surface area (TPSA) is 52.6 Å². The highest BCUT2D eigenvalue weighted by Gasteiger charge is 2.33. The molecule has 27 heavy (non-hydrogen) atoms. The van der Waals surface area contributed by atoms with Gasteiger partial charge in [-0.3, -0.25) is 0 Å². The van der Waals surface area contributed by atoms with Crippen molar-refractivity contribution in [3.05, 3.63) is 95.1 Å². The number of rotatable bonds is 4. The summed E-state index contributed by atoms with van der Waals surface area (Å²) >= 11 is 0. The Balaban J connectivity index is 1.62. The largest absolute Gasteiger partial charge is 0.456 e. The zero-order valence-electron chi connectivity index (χ0n) is 15.1. The molecule has 134 valence electrons. The molecule has 0 spiro atoms. The van der Waals surface area contributed by atoms with Gasteiger partial charge in [-0.25, -0.2) is 9.59 Å². The molecule has 3 aromatic rings. The van der Waals surface area contributed by atoms with Crippen LogP contribution in [0.3, 0.4) is 0 Å². The van der Waals surface area contributed by atoms with E-state index in [9.17, 15) is 9.59 Å². The lowest BCUT2D eigenvalue weighted by Gasteiger charge is -2.26. The highest BCUT2D eigenvalue weighted by molar-refractivity contribution is 6.16. The molecule has 0 unspecified atom stereocenters. The van der Waals surface area contributed by atoms with E-state index >= 15 is 0 Å². The molecule has 0 saturated carbocycles. The highest BCUT2D eigenvalue weighted by atomic mass is 16.6. The fraction of sp³-hybridized carbons (Fsp3) is 0.130. The zero-order valence-corrected chi connectivity index (χ0v) is 15.1. The van der Waals surface area contributed by atoms with Crippen molar-refractivity contribution in [3.63, 3.8) is 0 Å². The maximum absolute atomic E-state index is 11.9. The first-order valence-corrected chi connectivity index (χ1v) is 8.70. The predicted molar refractivity (Wildman–Crippen MR) is 101 cm³/mol. The molecule has 4 rings (SSSR count). The minimum Gasteiger partial charge on any atom is -0.456 e. The van der Waals surface area contributed by atoms with E-state index in [0.29, 0.717) is 11.5 Å². The molecule has 0 aromatic heterocycles. The first kappa shape index (κ1) is 17.0. The summed E-state index contributed by atoms with van der Waals surface area (Å²) in [7, 11) is 0. The molecule has 0 saturated heterocycles. The van der Waals surface area contributed by atoms with Gasteiger partial charge >= 0.3 is 11.9 Å². The summed E-state index contributed by atoms with van der Waals surface area (Å²) in [5.74, 6) is -0.408. The van der Waals surface area contributed by atoms with Gasteiger partial charge < -0.3 is 9.47 Å². The van der Waals surface area contributed by atoms with Crippen molar-refractivity contribution >= 4 is 11.9 Å². The summed E-state index contributed by atoms with van der Waals surface area (Å²) in [4.78, 5) is 23.6. The molecule has 1 heterocycles. The Hall–Kier alpha value is -3.40. The summed E-state index contributed by atoms with van der Waals surface area (Å²) in [5.41, 5.74) is 2.63. The van der Waals surface area contributed by atoms with Crippen molar-refractivity contribution in [1.82, 2.24) is 0 Å². The second-order valence-corrected chi connectivity index (χ2v) is 6.97. The molecule has 1 aliphatic rings. The molecule has 0 aliphatic carbocycles. The molecule has 3 aromatic carbocycles. The van der Waals surface area contributed by atoms with Crippen LogP contribution < -0.4 is 4.74 Å². The second-order valence-electron chi connectivity index (χ2n) is 6.97. The van der Waals surface area contributed by atoms with Gasteiger partial charge in [-0.2, -0.15) is 0 Å². The maximum Gasteiger partial charge on any atom is 0.350 e. The van der Waals surface area contributed by atoms with Crippen LogP contribution in [-0.2, 0) is 10.2 Å². The molecule has 0 atom stereocenters. The number of ether oxygens (including phenoxy) is 2. The number of esters is 2. The Labute approximate surface area is 157 Å². The van der Waals surface area contributed by atoms with Gasteiger partial charge in [0.25, 0.3) is 0 Å².